The van der Waals surface area contributed by atoms with Crippen LogP contribution in [-0.4, -0.2) is 42.8 Å². The van der Waals surface area contributed by atoms with E-state index in [-0.39, 0.29) is 42.9 Å². The van der Waals surface area contributed by atoms with Crippen LogP contribution in [0.25, 0.3) is 0 Å². The number of ether oxygens (including phenoxy) is 2. The van der Waals surface area contributed by atoms with Crippen LogP contribution in [0, 0.1) is 0 Å². The zero-order chi connectivity index (χ0) is 16.1. The number of hydrogen-bond donors (Lipinski definition) is 1. The molecule has 1 fully saturated rings. The maximum absolute atomic E-state index is 12.2. The number of nitrogens with one attached hydrogen (secondary N) is 1. The molecular formula is C15H21ClF2N2O3. The number of carbonyl (C=O) groups excluding carboxylic acids is 1. The van der Waals surface area contributed by atoms with Gasteiger partial charge in [-0.15, -0.1) is 12.4 Å². The van der Waals surface area contributed by atoms with E-state index >= 15 is 0 Å². The fourth-order valence-corrected chi connectivity index (χ4v) is 2.48. The molecule has 1 aliphatic rings. The highest BCUT2D eigenvalue weighted by Gasteiger charge is 2.29. The van der Waals surface area contributed by atoms with Crippen LogP contribution in [0.3, 0.4) is 0 Å². The summed E-state index contributed by atoms with van der Waals surface area (Å²) in [5.74, 6) is 0.0782. The first kappa shape index (κ1) is 19.4. The largest absolute Gasteiger partial charge is 0.445 e. The van der Waals surface area contributed by atoms with Crippen molar-refractivity contribution in [1.82, 2.24) is 10.2 Å². The maximum atomic E-state index is 12.2. The van der Waals surface area contributed by atoms with Gasteiger partial charge in [0.1, 0.15) is 12.4 Å². The molecule has 0 saturated carbocycles. The standard InChI is InChI=1S/C15H20F2N2O3.ClH/c1-10-7-18-8-11(2)19(10)15(20)21-9-12-3-5-13(6-4-12)22-14(16)17;/h3-6,10-11,14,18H,7-9H2,1-2H3;1H. The smallest absolute Gasteiger partial charge is 0.410 e. The summed E-state index contributed by atoms with van der Waals surface area (Å²) in [6.07, 6.45) is -0.366. The Morgan fingerprint density at radius 1 is 1.26 bits per heavy atom. The molecule has 0 radical (unpaired) electrons. The minimum Gasteiger partial charge on any atom is -0.445 e. The first-order chi connectivity index (χ1) is 10.5. The van der Waals surface area contributed by atoms with E-state index in [0.717, 1.165) is 13.1 Å². The van der Waals surface area contributed by atoms with Crippen molar-refractivity contribution in [2.24, 2.45) is 0 Å². The van der Waals surface area contributed by atoms with Gasteiger partial charge < -0.3 is 19.7 Å². The van der Waals surface area contributed by atoms with Crippen LogP contribution in [0.5, 0.6) is 5.75 Å². The molecule has 8 heteroatoms. The fraction of sp³-hybridized carbons (Fsp3) is 0.533. The van der Waals surface area contributed by atoms with Crippen LogP contribution in [0.1, 0.15) is 19.4 Å². The third kappa shape index (κ3) is 5.51. The monoisotopic (exact) mass is 350 g/mol. The minimum absolute atomic E-state index is 0. The Morgan fingerprint density at radius 2 is 1.83 bits per heavy atom. The Morgan fingerprint density at radius 3 is 2.35 bits per heavy atom. The molecule has 130 valence electrons. The van der Waals surface area contributed by atoms with Crippen molar-refractivity contribution in [3.63, 3.8) is 0 Å². The molecule has 1 amide bonds. The van der Waals surface area contributed by atoms with Gasteiger partial charge in [0, 0.05) is 25.2 Å². The van der Waals surface area contributed by atoms with Crippen molar-refractivity contribution < 1.29 is 23.0 Å². The summed E-state index contributed by atoms with van der Waals surface area (Å²) in [7, 11) is 0. The fourth-order valence-electron chi connectivity index (χ4n) is 2.48. The Kier molecular flexibility index (Phi) is 7.51. The van der Waals surface area contributed by atoms with E-state index in [1.807, 2.05) is 13.8 Å². The Balaban J connectivity index is 0.00000264. The van der Waals surface area contributed by atoms with E-state index in [1.54, 1.807) is 17.0 Å². The molecular weight excluding hydrogens is 330 g/mol. The van der Waals surface area contributed by atoms with Gasteiger partial charge >= 0.3 is 12.7 Å². The van der Waals surface area contributed by atoms with E-state index < -0.39 is 6.61 Å². The average Bonchev–Trinajstić information content (AvgIpc) is 2.46. The van der Waals surface area contributed by atoms with Crippen molar-refractivity contribution in [3.05, 3.63) is 29.8 Å². The third-order valence-corrected chi connectivity index (χ3v) is 3.55. The first-order valence-corrected chi connectivity index (χ1v) is 7.17. The molecule has 0 aromatic heterocycles. The van der Waals surface area contributed by atoms with Crippen LogP contribution in [0.2, 0.25) is 0 Å². The summed E-state index contributed by atoms with van der Waals surface area (Å²) in [5, 5.41) is 3.24. The SMILES string of the molecule is CC1CNCC(C)N1C(=O)OCc1ccc(OC(F)F)cc1.Cl. The number of halogens is 3. The molecule has 2 unspecified atom stereocenters. The van der Waals surface area contributed by atoms with Gasteiger partial charge in [-0.3, -0.25) is 0 Å². The van der Waals surface area contributed by atoms with E-state index in [0.29, 0.717) is 5.56 Å². The zero-order valence-corrected chi connectivity index (χ0v) is 13.8. The van der Waals surface area contributed by atoms with Crippen LogP contribution in [-0.2, 0) is 11.3 Å². The number of carbonyl (C=O) groups is 1. The number of amides is 1. The van der Waals surface area contributed by atoms with Crippen LogP contribution >= 0.6 is 12.4 Å². The lowest BCUT2D eigenvalue weighted by atomic mass is 10.1. The Bertz CT molecular complexity index is 492. The Labute approximate surface area is 140 Å². The summed E-state index contributed by atoms with van der Waals surface area (Å²) in [5.41, 5.74) is 0.713. The highest BCUT2D eigenvalue weighted by molar-refractivity contribution is 5.85. The molecule has 5 nitrogen and oxygen atoms in total. The lowest BCUT2D eigenvalue weighted by molar-refractivity contribution is -0.0498. The second-order valence-electron chi connectivity index (χ2n) is 5.34. The average molecular weight is 351 g/mol. The van der Waals surface area contributed by atoms with Crippen molar-refractivity contribution in [2.45, 2.75) is 39.1 Å². The lowest BCUT2D eigenvalue weighted by Crippen LogP contribution is -2.57. The molecule has 1 N–H and O–H groups in total. The first-order valence-electron chi connectivity index (χ1n) is 7.17. The van der Waals surface area contributed by atoms with Gasteiger partial charge in [-0.05, 0) is 31.5 Å². The zero-order valence-electron chi connectivity index (χ0n) is 13.0. The normalized spacial score (nSPS) is 20.8. The predicted molar refractivity (Wildman–Crippen MR) is 84.1 cm³/mol. The number of benzene rings is 1. The van der Waals surface area contributed by atoms with Crippen LogP contribution < -0.4 is 10.1 Å². The van der Waals surface area contributed by atoms with Gasteiger partial charge in [-0.25, -0.2) is 4.79 Å². The highest BCUT2D eigenvalue weighted by Crippen LogP contribution is 2.17. The van der Waals surface area contributed by atoms with E-state index in [2.05, 4.69) is 10.1 Å². The molecule has 1 aliphatic heterocycles. The summed E-state index contributed by atoms with van der Waals surface area (Å²) in [6, 6.07) is 6.17. The molecule has 1 aromatic carbocycles. The van der Waals surface area contributed by atoms with Gasteiger partial charge in [0.2, 0.25) is 0 Å². The number of piperazine rings is 1. The molecule has 23 heavy (non-hydrogen) atoms. The summed E-state index contributed by atoms with van der Waals surface area (Å²) >= 11 is 0. The highest BCUT2D eigenvalue weighted by atomic mass is 35.5. The maximum Gasteiger partial charge on any atom is 0.410 e. The van der Waals surface area contributed by atoms with Crippen molar-refractivity contribution in [1.29, 1.82) is 0 Å². The van der Waals surface area contributed by atoms with Gasteiger partial charge in [0.05, 0.1) is 0 Å². The van der Waals surface area contributed by atoms with Gasteiger partial charge in [0.25, 0.3) is 0 Å². The quantitative estimate of drug-likeness (QED) is 0.907. The third-order valence-electron chi connectivity index (χ3n) is 3.55. The van der Waals surface area contributed by atoms with Gasteiger partial charge in [-0.1, -0.05) is 12.1 Å². The van der Waals surface area contributed by atoms with E-state index in [1.165, 1.54) is 12.1 Å². The number of hydrogen-bond acceptors (Lipinski definition) is 4. The lowest BCUT2D eigenvalue weighted by Gasteiger charge is -2.38. The molecule has 1 aromatic rings. The molecule has 0 aliphatic carbocycles. The van der Waals surface area contributed by atoms with Crippen molar-refractivity contribution >= 4 is 18.5 Å². The number of alkyl halides is 2. The summed E-state index contributed by atoms with van der Waals surface area (Å²) < 4.78 is 33.7. The molecule has 1 heterocycles. The minimum atomic E-state index is -2.85. The summed E-state index contributed by atoms with van der Waals surface area (Å²) in [4.78, 5) is 13.9. The van der Waals surface area contributed by atoms with Crippen LogP contribution in [0.15, 0.2) is 24.3 Å². The van der Waals surface area contributed by atoms with E-state index in [4.69, 9.17) is 4.74 Å². The topological polar surface area (TPSA) is 50.8 Å². The second-order valence-corrected chi connectivity index (χ2v) is 5.34. The number of nitrogens with zero attached hydrogens (tertiary/aromatic N) is 1. The van der Waals surface area contributed by atoms with Crippen molar-refractivity contribution in [2.75, 3.05) is 13.1 Å². The predicted octanol–water partition coefficient (Wildman–Crippen LogP) is 3.03. The molecule has 2 rings (SSSR count). The van der Waals surface area contributed by atoms with E-state index in [9.17, 15) is 13.6 Å². The van der Waals surface area contributed by atoms with Gasteiger partial charge in [-0.2, -0.15) is 8.78 Å². The molecule has 0 spiro atoms. The molecule has 2 atom stereocenters. The van der Waals surface area contributed by atoms with Crippen LogP contribution in [0.4, 0.5) is 13.6 Å². The van der Waals surface area contributed by atoms with Crippen molar-refractivity contribution in [3.8, 4) is 5.75 Å². The summed E-state index contributed by atoms with van der Waals surface area (Å²) in [6.45, 7) is 2.63. The number of rotatable bonds is 4. The Hall–Kier alpha value is -1.60. The van der Waals surface area contributed by atoms with Gasteiger partial charge in [0.15, 0.2) is 0 Å². The second kappa shape index (κ2) is 8.88. The molecule has 0 bridgehead atoms. The molecule has 1 saturated heterocycles.